The summed E-state index contributed by atoms with van der Waals surface area (Å²) in [7, 11) is 2.15. The van der Waals surface area contributed by atoms with Gasteiger partial charge >= 0.3 is 0 Å². The minimum atomic E-state index is 0.189. The topological polar surface area (TPSA) is 32.8 Å². The van der Waals surface area contributed by atoms with Crippen LogP contribution in [0.5, 0.6) is 5.75 Å². The van der Waals surface area contributed by atoms with Gasteiger partial charge in [0.05, 0.1) is 13.2 Å². The molecule has 116 valence electrons. The first-order valence-corrected chi connectivity index (χ1v) is 7.78. The molecule has 0 aromatic heterocycles. The van der Waals surface area contributed by atoms with Gasteiger partial charge in [0.1, 0.15) is 5.75 Å². The monoisotopic (exact) mass is 290 g/mol. The quantitative estimate of drug-likeness (QED) is 0.779. The summed E-state index contributed by atoms with van der Waals surface area (Å²) in [6.07, 6.45) is 1.12. The molecule has 0 saturated carbocycles. The van der Waals surface area contributed by atoms with Crippen LogP contribution in [-0.4, -0.2) is 61.5 Å². The van der Waals surface area contributed by atoms with Crippen LogP contribution in [0.15, 0.2) is 24.3 Å². The van der Waals surface area contributed by atoms with E-state index in [0.29, 0.717) is 19.2 Å². The smallest absolute Gasteiger partial charge is 0.176 e. The molecular formula is C17H26N2O2. The van der Waals surface area contributed by atoms with Crippen LogP contribution >= 0.6 is 0 Å². The van der Waals surface area contributed by atoms with Crippen LogP contribution in [0.3, 0.4) is 0 Å². The predicted octanol–water partition coefficient (Wildman–Crippen LogP) is 2.29. The molecule has 1 aromatic rings. The molecule has 1 fully saturated rings. The zero-order chi connectivity index (χ0) is 15.2. The van der Waals surface area contributed by atoms with Crippen molar-refractivity contribution in [1.29, 1.82) is 0 Å². The van der Waals surface area contributed by atoms with Gasteiger partial charge in [0.2, 0.25) is 0 Å². The van der Waals surface area contributed by atoms with Gasteiger partial charge in [-0.15, -0.1) is 0 Å². The molecular weight excluding hydrogens is 264 g/mol. The molecule has 1 aliphatic heterocycles. The van der Waals surface area contributed by atoms with E-state index < -0.39 is 0 Å². The van der Waals surface area contributed by atoms with Gasteiger partial charge in [0, 0.05) is 24.7 Å². The fraction of sp³-hybridized carbons (Fsp3) is 0.588. The van der Waals surface area contributed by atoms with E-state index in [9.17, 15) is 4.79 Å². The lowest BCUT2D eigenvalue weighted by molar-refractivity contribution is 0.0900. The molecule has 0 N–H and O–H groups in total. The number of ether oxygens (including phenoxy) is 1. The maximum atomic E-state index is 12.4. The SMILES string of the molecule is CCOc1ccc(C(=O)CN2CCCN(C)CC2C)cc1. The molecule has 1 heterocycles. The molecule has 0 spiro atoms. The Labute approximate surface area is 127 Å². The number of carbonyl (C=O) groups is 1. The third kappa shape index (κ3) is 4.55. The summed E-state index contributed by atoms with van der Waals surface area (Å²) >= 11 is 0. The molecule has 0 aliphatic carbocycles. The summed E-state index contributed by atoms with van der Waals surface area (Å²) < 4.78 is 5.41. The summed E-state index contributed by atoms with van der Waals surface area (Å²) in [6, 6.07) is 7.89. The molecule has 0 bridgehead atoms. The minimum Gasteiger partial charge on any atom is -0.494 e. The van der Waals surface area contributed by atoms with Crippen molar-refractivity contribution < 1.29 is 9.53 Å². The van der Waals surface area contributed by atoms with Gasteiger partial charge in [-0.3, -0.25) is 9.69 Å². The normalized spacial score (nSPS) is 21.0. The zero-order valence-electron chi connectivity index (χ0n) is 13.3. The third-order valence-corrected chi connectivity index (χ3v) is 4.02. The largest absolute Gasteiger partial charge is 0.494 e. The molecule has 4 nitrogen and oxygen atoms in total. The molecule has 1 saturated heterocycles. The Balaban J connectivity index is 1.96. The number of carbonyl (C=O) groups excluding carboxylic acids is 1. The fourth-order valence-corrected chi connectivity index (χ4v) is 2.84. The molecule has 1 aliphatic rings. The third-order valence-electron chi connectivity index (χ3n) is 4.02. The maximum absolute atomic E-state index is 12.4. The van der Waals surface area contributed by atoms with E-state index in [2.05, 4.69) is 23.8 Å². The van der Waals surface area contributed by atoms with Gasteiger partial charge in [-0.25, -0.2) is 0 Å². The standard InChI is InChI=1S/C17H26N2O2/c1-4-21-16-8-6-15(7-9-16)17(20)13-19-11-5-10-18(3)12-14(19)2/h6-9,14H,4-5,10-13H2,1-3H3. The lowest BCUT2D eigenvalue weighted by Gasteiger charge is -2.27. The van der Waals surface area contributed by atoms with Gasteiger partial charge in [-0.1, -0.05) is 0 Å². The van der Waals surface area contributed by atoms with Crippen LogP contribution in [0.25, 0.3) is 0 Å². The maximum Gasteiger partial charge on any atom is 0.176 e. The van der Waals surface area contributed by atoms with Crippen LogP contribution < -0.4 is 4.74 Å². The molecule has 4 heteroatoms. The van der Waals surface area contributed by atoms with E-state index >= 15 is 0 Å². The van der Waals surface area contributed by atoms with Crippen molar-refractivity contribution in [2.45, 2.75) is 26.3 Å². The van der Waals surface area contributed by atoms with Crippen LogP contribution in [-0.2, 0) is 0 Å². The van der Waals surface area contributed by atoms with Crippen molar-refractivity contribution in [1.82, 2.24) is 9.80 Å². The Hall–Kier alpha value is -1.39. The second kappa shape index (κ2) is 7.57. The average molecular weight is 290 g/mol. The van der Waals surface area contributed by atoms with Crippen molar-refractivity contribution in [3.63, 3.8) is 0 Å². The molecule has 21 heavy (non-hydrogen) atoms. The highest BCUT2D eigenvalue weighted by Gasteiger charge is 2.22. The summed E-state index contributed by atoms with van der Waals surface area (Å²) in [5.74, 6) is 1.01. The Kier molecular flexibility index (Phi) is 5.76. The number of nitrogens with zero attached hydrogens (tertiary/aromatic N) is 2. The number of Topliss-reactive ketones (excluding diaryl/α,β-unsaturated/α-hetero) is 1. The van der Waals surface area contributed by atoms with Gasteiger partial charge in [-0.2, -0.15) is 0 Å². The number of hydrogen-bond donors (Lipinski definition) is 0. The predicted molar refractivity (Wildman–Crippen MR) is 85.1 cm³/mol. The van der Waals surface area contributed by atoms with E-state index in [1.807, 2.05) is 31.2 Å². The lowest BCUT2D eigenvalue weighted by atomic mass is 10.1. The van der Waals surface area contributed by atoms with Crippen LogP contribution in [0.2, 0.25) is 0 Å². The number of hydrogen-bond acceptors (Lipinski definition) is 4. The van der Waals surface area contributed by atoms with Crippen LogP contribution in [0.4, 0.5) is 0 Å². The molecule has 1 unspecified atom stereocenters. The number of likely N-dealkylation sites (N-methyl/N-ethyl adjacent to an activating group) is 1. The highest BCUT2D eigenvalue weighted by molar-refractivity contribution is 5.97. The van der Waals surface area contributed by atoms with Crippen molar-refractivity contribution >= 4 is 5.78 Å². The number of rotatable bonds is 5. The summed E-state index contributed by atoms with van der Waals surface area (Å²) in [5.41, 5.74) is 0.767. The molecule has 0 amide bonds. The Bertz CT molecular complexity index is 458. The van der Waals surface area contributed by atoms with Crippen LogP contribution in [0, 0.1) is 0 Å². The van der Waals surface area contributed by atoms with Crippen LogP contribution in [0.1, 0.15) is 30.6 Å². The van der Waals surface area contributed by atoms with Gasteiger partial charge in [0.15, 0.2) is 5.78 Å². The first-order chi connectivity index (χ1) is 10.1. The Morgan fingerprint density at radius 1 is 1.29 bits per heavy atom. The Morgan fingerprint density at radius 2 is 2.00 bits per heavy atom. The second-order valence-corrected chi connectivity index (χ2v) is 5.82. The number of benzene rings is 1. The van der Waals surface area contributed by atoms with Gasteiger partial charge < -0.3 is 9.64 Å². The van der Waals surface area contributed by atoms with Gasteiger partial charge in [-0.05, 0) is 58.1 Å². The average Bonchev–Trinajstić information content (AvgIpc) is 2.61. The molecule has 2 rings (SSSR count). The second-order valence-electron chi connectivity index (χ2n) is 5.82. The first-order valence-electron chi connectivity index (χ1n) is 7.78. The molecule has 1 atom stereocenters. The van der Waals surface area contributed by atoms with E-state index in [1.165, 1.54) is 0 Å². The zero-order valence-corrected chi connectivity index (χ0v) is 13.3. The minimum absolute atomic E-state index is 0.189. The first kappa shape index (κ1) is 16.0. The van der Waals surface area contributed by atoms with Crippen molar-refractivity contribution in [3.8, 4) is 5.75 Å². The summed E-state index contributed by atoms with van der Waals surface area (Å²) in [4.78, 5) is 17.1. The van der Waals surface area contributed by atoms with E-state index in [0.717, 1.165) is 37.4 Å². The van der Waals surface area contributed by atoms with E-state index in [1.54, 1.807) is 0 Å². The van der Waals surface area contributed by atoms with Gasteiger partial charge in [0.25, 0.3) is 0 Å². The van der Waals surface area contributed by atoms with Crippen molar-refractivity contribution in [3.05, 3.63) is 29.8 Å². The Morgan fingerprint density at radius 3 is 2.67 bits per heavy atom. The highest BCUT2D eigenvalue weighted by Crippen LogP contribution is 2.14. The van der Waals surface area contributed by atoms with Crippen molar-refractivity contribution in [2.75, 3.05) is 39.8 Å². The van der Waals surface area contributed by atoms with E-state index in [4.69, 9.17) is 4.74 Å². The number of ketones is 1. The lowest BCUT2D eigenvalue weighted by Crippen LogP contribution is -2.40. The molecule has 0 radical (unpaired) electrons. The molecule has 1 aromatic carbocycles. The fourth-order valence-electron chi connectivity index (χ4n) is 2.84. The summed E-state index contributed by atoms with van der Waals surface area (Å²) in [6.45, 7) is 8.43. The highest BCUT2D eigenvalue weighted by atomic mass is 16.5. The van der Waals surface area contributed by atoms with E-state index in [-0.39, 0.29) is 5.78 Å². The summed E-state index contributed by atoms with van der Waals surface area (Å²) in [5, 5.41) is 0. The van der Waals surface area contributed by atoms with Crippen molar-refractivity contribution in [2.24, 2.45) is 0 Å².